The first-order valence-electron chi connectivity index (χ1n) is 4.41. The van der Waals surface area contributed by atoms with Crippen LogP contribution in [0.5, 0.6) is 0 Å². The lowest BCUT2D eigenvalue weighted by Crippen LogP contribution is -2.31. The van der Waals surface area contributed by atoms with Crippen molar-refractivity contribution in [2.75, 3.05) is 7.11 Å². The third kappa shape index (κ3) is 1.97. The summed E-state index contributed by atoms with van der Waals surface area (Å²) in [4.78, 5) is 11.1. The molecule has 0 bridgehead atoms. The Bertz CT molecular complexity index is 167. The lowest BCUT2D eigenvalue weighted by molar-refractivity contribution is -0.148. The van der Waals surface area contributed by atoms with Gasteiger partial charge >= 0.3 is 5.97 Å². The van der Waals surface area contributed by atoms with E-state index in [0.717, 1.165) is 12.8 Å². The molecule has 1 aliphatic rings. The number of hydrogen-bond donors (Lipinski definition) is 1. The van der Waals surface area contributed by atoms with Crippen molar-refractivity contribution in [2.45, 2.75) is 32.3 Å². The van der Waals surface area contributed by atoms with E-state index in [2.05, 4.69) is 4.74 Å². The Balaban J connectivity index is 2.45. The standard InChI is InChI=1S/C9H16O3/c1-6-3-4-7(5-8(6)10)9(11)12-2/h6-8,10H,3-5H2,1-2H3. The van der Waals surface area contributed by atoms with Crippen molar-refractivity contribution < 1.29 is 14.6 Å². The van der Waals surface area contributed by atoms with E-state index in [9.17, 15) is 9.90 Å². The minimum Gasteiger partial charge on any atom is -0.469 e. The van der Waals surface area contributed by atoms with Crippen LogP contribution in [0.2, 0.25) is 0 Å². The van der Waals surface area contributed by atoms with Crippen LogP contribution in [0, 0.1) is 11.8 Å². The van der Waals surface area contributed by atoms with Gasteiger partial charge < -0.3 is 9.84 Å². The summed E-state index contributed by atoms with van der Waals surface area (Å²) in [5.41, 5.74) is 0. The number of rotatable bonds is 1. The summed E-state index contributed by atoms with van der Waals surface area (Å²) in [5.74, 6) is 0.0630. The fourth-order valence-corrected chi connectivity index (χ4v) is 1.68. The summed E-state index contributed by atoms with van der Waals surface area (Å²) in [6, 6.07) is 0. The van der Waals surface area contributed by atoms with Crippen molar-refractivity contribution >= 4 is 5.97 Å². The van der Waals surface area contributed by atoms with Gasteiger partial charge in [-0.15, -0.1) is 0 Å². The highest BCUT2D eigenvalue weighted by molar-refractivity contribution is 5.72. The first kappa shape index (κ1) is 9.52. The smallest absolute Gasteiger partial charge is 0.308 e. The number of aliphatic hydroxyl groups excluding tert-OH is 1. The number of methoxy groups -OCH3 is 1. The molecule has 1 N–H and O–H groups in total. The fourth-order valence-electron chi connectivity index (χ4n) is 1.68. The van der Waals surface area contributed by atoms with Crippen LogP contribution in [0.4, 0.5) is 0 Å². The van der Waals surface area contributed by atoms with Crippen LogP contribution in [-0.4, -0.2) is 24.3 Å². The predicted octanol–water partition coefficient (Wildman–Crippen LogP) is 0.956. The van der Waals surface area contributed by atoms with Crippen LogP contribution in [0.3, 0.4) is 0 Å². The van der Waals surface area contributed by atoms with E-state index >= 15 is 0 Å². The number of ether oxygens (including phenoxy) is 1. The molecule has 0 radical (unpaired) electrons. The molecule has 0 spiro atoms. The highest BCUT2D eigenvalue weighted by Crippen LogP contribution is 2.29. The molecule has 0 heterocycles. The Kier molecular flexibility index (Phi) is 3.09. The maximum absolute atomic E-state index is 11.1. The average molecular weight is 172 g/mol. The van der Waals surface area contributed by atoms with Gasteiger partial charge in [0.1, 0.15) is 0 Å². The predicted molar refractivity (Wildman–Crippen MR) is 44.5 cm³/mol. The molecule has 0 aromatic carbocycles. The second-order valence-electron chi connectivity index (χ2n) is 3.58. The van der Waals surface area contributed by atoms with E-state index in [1.807, 2.05) is 6.92 Å². The molecule has 70 valence electrons. The molecule has 3 heteroatoms. The highest BCUT2D eigenvalue weighted by atomic mass is 16.5. The molecule has 0 aliphatic heterocycles. The van der Waals surface area contributed by atoms with Gasteiger partial charge in [0.05, 0.1) is 19.1 Å². The van der Waals surface area contributed by atoms with Gasteiger partial charge in [0.2, 0.25) is 0 Å². The van der Waals surface area contributed by atoms with Crippen molar-refractivity contribution in [2.24, 2.45) is 11.8 Å². The van der Waals surface area contributed by atoms with Crippen LogP contribution in [-0.2, 0) is 9.53 Å². The zero-order valence-corrected chi connectivity index (χ0v) is 7.62. The topological polar surface area (TPSA) is 46.5 Å². The largest absolute Gasteiger partial charge is 0.469 e. The molecule has 3 atom stereocenters. The van der Waals surface area contributed by atoms with E-state index in [0.29, 0.717) is 12.3 Å². The molecule has 3 nitrogen and oxygen atoms in total. The van der Waals surface area contributed by atoms with Gasteiger partial charge in [0, 0.05) is 0 Å². The molecule has 1 saturated carbocycles. The maximum Gasteiger partial charge on any atom is 0.308 e. The molecule has 3 unspecified atom stereocenters. The number of carbonyl (C=O) groups is 1. The van der Waals surface area contributed by atoms with Gasteiger partial charge in [-0.3, -0.25) is 4.79 Å². The Hall–Kier alpha value is -0.570. The lowest BCUT2D eigenvalue weighted by Gasteiger charge is -2.29. The van der Waals surface area contributed by atoms with Crippen LogP contribution >= 0.6 is 0 Å². The number of hydrogen-bond acceptors (Lipinski definition) is 3. The van der Waals surface area contributed by atoms with Gasteiger partial charge in [0.15, 0.2) is 0 Å². The first-order valence-corrected chi connectivity index (χ1v) is 4.41. The van der Waals surface area contributed by atoms with Crippen molar-refractivity contribution in [3.63, 3.8) is 0 Å². The van der Waals surface area contributed by atoms with Crippen molar-refractivity contribution in [1.29, 1.82) is 0 Å². The van der Waals surface area contributed by atoms with Crippen LogP contribution in [0.1, 0.15) is 26.2 Å². The molecule has 1 aliphatic carbocycles. The zero-order valence-electron chi connectivity index (χ0n) is 7.62. The average Bonchev–Trinajstić information content (AvgIpc) is 2.08. The minimum absolute atomic E-state index is 0.0822. The third-order valence-corrected chi connectivity index (χ3v) is 2.69. The zero-order chi connectivity index (χ0) is 9.14. The highest BCUT2D eigenvalue weighted by Gasteiger charge is 2.30. The van der Waals surface area contributed by atoms with Gasteiger partial charge in [-0.05, 0) is 25.2 Å². The van der Waals surface area contributed by atoms with Gasteiger partial charge in [-0.2, -0.15) is 0 Å². The Morgan fingerprint density at radius 2 is 2.17 bits per heavy atom. The SMILES string of the molecule is COC(=O)C1CCC(C)C(O)C1. The van der Waals surface area contributed by atoms with E-state index in [1.54, 1.807) is 0 Å². The summed E-state index contributed by atoms with van der Waals surface area (Å²) in [6.07, 6.45) is 2.00. The second-order valence-corrected chi connectivity index (χ2v) is 3.58. The van der Waals surface area contributed by atoms with Crippen molar-refractivity contribution in [3.8, 4) is 0 Å². The summed E-state index contributed by atoms with van der Waals surface area (Å²) in [7, 11) is 1.40. The van der Waals surface area contributed by atoms with E-state index in [1.165, 1.54) is 7.11 Å². The van der Waals surface area contributed by atoms with E-state index in [4.69, 9.17) is 0 Å². The second kappa shape index (κ2) is 3.90. The molecular formula is C9H16O3. The van der Waals surface area contributed by atoms with Gasteiger partial charge in [0.25, 0.3) is 0 Å². The van der Waals surface area contributed by atoms with Crippen LogP contribution in [0.25, 0.3) is 0 Å². The summed E-state index contributed by atoms with van der Waals surface area (Å²) >= 11 is 0. The molecule has 0 aromatic heterocycles. The molecule has 0 aromatic rings. The quantitative estimate of drug-likeness (QED) is 0.599. The molecule has 1 fully saturated rings. The van der Waals surface area contributed by atoms with Crippen molar-refractivity contribution in [3.05, 3.63) is 0 Å². The molecule has 12 heavy (non-hydrogen) atoms. The van der Waals surface area contributed by atoms with E-state index < -0.39 is 0 Å². The monoisotopic (exact) mass is 172 g/mol. The Morgan fingerprint density at radius 3 is 2.67 bits per heavy atom. The summed E-state index contributed by atoms with van der Waals surface area (Å²) < 4.78 is 4.62. The minimum atomic E-state index is -0.331. The Morgan fingerprint density at radius 1 is 1.50 bits per heavy atom. The first-order chi connectivity index (χ1) is 5.65. The third-order valence-electron chi connectivity index (χ3n) is 2.69. The fraction of sp³-hybridized carbons (Fsp3) is 0.889. The van der Waals surface area contributed by atoms with Gasteiger partial charge in [-0.1, -0.05) is 6.92 Å². The molecule has 0 saturated heterocycles. The number of aliphatic hydroxyl groups is 1. The van der Waals surface area contributed by atoms with Crippen LogP contribution < -0.4 is 0 Å². The van der Waals surface area contributed by atoms with Gasteiger partial charge in [-0.25, -0.2) is 0 Å². The summed E-state index contributed by atoms with van der Waals surface area (Å²) in [5, 5.41) is 9.48. The number of esters is 1. The van der Waals surface area contributed by atoms with E-state index in [-0.39, 0.29) is 18.0 Å². The maximum atomic E-state index is 11.1. The Labute approximate surface area is 72.7 Å². The normalized spacial score (nSPS) is 36.1. The lowest BCUT2D eigenvalue weighted by atomic mass is 9.81. The molecule has 0 amide bonds. The van der Waals surface area contributed by atoms with Crippen LogP contribution in [0.15, 0.2) is 0 Å². The van der Waals surface area contributed by atoms with Crippen molar-refractivity contribution in [1.82, 2.24) is 0 Å². The molecular weight excluding hydrogens is 156 g/mol. The number of carbonyl (C=O) groups excluding carboxylic acids is 1. The summed E-state index contributed by atoms with van der Waals surface area (Å²) in [6.45, 7) is 2.01. The molecule has 1 rings (SSSR count).